The van der Waals surface area contributed by atoms with Crippen molar-refractivity contribution in [3.05, 3.63) is 119 Å². The highest BCUT2D eigenvalue weighted by atomic mass is 35.6. The molecule has 11 nitrogen and oxygen atoms in total. The molecule has 0 radical (unpaired) electrons. The van der Waals surface area contributed by atoms with Gasteiger partial charge in [0, 0.05) is 0 Å². The van der Waals surface area contributed by atoms with Crippen molar-refractivity contribution in [1.29, 1.82) is 5.41 Å². The lowest BCUT2D eigenvalue weighted by Crippen LogP contribution is -2.62. The summed E-state index contributed by atoms with van der Waals surface area (Å²) >= 11 is 18.3. The van der Waals surface area contributed by atoms with Crippen LogP contribution in [0.5, 0.6) is 23.0 Å². The number of hydrogen-bond donors (Lipinski definition) is 1. The Morgan fingerprint density at radius 1 is 0.537 bits per heavy atom. The fourth-order valence-electron chi connectivity index (χ4n) is 5.62. The van der Waals surface area contributed by atoms with Crippen molar-refractivity contribution in [3.63, 3.8) is 0 Å². The molecule has 0 spiro atoms. The van der Waals surface area contributed by atoms with Crippen LogP contribution in [0.25, 0.3) is 0 Å². The van der Waals surface area contributed by atoms with Crippen LogP contribution >= 0.6 is 34.8 Å². The molecule has 0 aromatic heterocycles. The molecule has 0 saturated carbocycles. The summed E-state index contributed by atoms with van der Waals surface area (Å²) in [5.74, 6) is 2.20. The maximum Gasteiger partial charge on any atom is 0.265 e. The highest BCUT2D eigenvalue weighted by molar-refractivity contribution is 6.76. The van der Waals surface area contributed by atoms with E-state index in [0.717, 1.165) is 28.0 Å². The van der Waals surface area contributed by atoms with Gasteiger partial charge in [-0.05, 0) is 70.8 Å². The van der Waals surface area contributed by atoms with Gasteiger partial charge in [0.15, 0.2) is 0 Å². The average molecular weight is 805 g/mol. The smallest absolute Gasteiger partial charge is 0.265 e. The van der Waals surface area contributed by atoms with E-state index in [9.17, 15) is 0 Å². The van der Waals surface area contributed by atoms with E-state index < -0.39 is 40.4 Å². The molecular weight excluding hydrogens is 761 g/mol. The lowest BCUT2D eigenvalue weighted by atomic mass is 9.97. The van der Waals surface area contributed by atoms with Crippen LogP contribution in [-0.4, -0.2) is 75.4 Å². The second-order valence-corrected chi connectivity index (χ2v) is 14.5. The average Bonchev–Trinajstić information content (AvgIpc) is 3.19. The fourth-order valence-corrected chi connectivity index (χ4v) is 5.75. The Hall–Kier alpha value is -3.78. The van der Waals surface area contributed by atoms with Gasteiger partial charge in [-0.15, -0.1) is 0 Å². The molecule has 1 N–H and O–H groups in total. The van der Waals surface area contributed by atoms with Crippen molar-refractivity contribution >= 4 is 40.7 Å². The number of benzene rings is 4. The first-order valence-corrected chi connectivity index (χ1v) is 18.2. The van der Waals surface area contributed by atoms with Gasteiger partial charge < -0.3 is 47.4 Å². The highest BCUT2D eigenvalue weighted by Gasteiger charge is 2.51. The van der Waals surface area contributed by atoms with Gasteiger partial charge in [-0.3, -0.25) is 5.41 Å². The topological polar surface area (TPSA) is 116 Å². The second-order valence-electron chi connectivity index (χ2n) is 12.2. The van der Waals surface area contributed by atoms with Crippen molar-refractivity contribution < 1.29 is 47.4 Å². The van der Waals surface area contributed by atoms with Crippen LogP contribution in [0, 0.1) is 5.41 Å². The molecule has 0 bridgehead atoms. The van der Waals surface area contributed by atoms with Gasteiger partial charge in [-0.1, -0.05) is 83.3 Å². The zero-order valence-corrected chi connectivity index (χ0v) is 32.6. The van der Waals surface area contributed by atoms with E-state index in [-0.39, 0.29) is 33.0 Å². The van der Waals surface area contributed by atoms with Crippen LogP contribution in [0.15, 0.2) is 97.1 Å². The van der Waals surface area contributed by atoms with E-state index in [1.165, 1.54) is 0 Å². The second kappa shape index (κ2) is 20.2. The van der Waals surface area contributed by atoms with Gasteiger partial charge >= 0.3 is 0 Å². The summed E-state index contributed by atoms with van der Waals surface area (Å²) in [6.07, 6.45) is -4.68. The molecule has 290 valence electrons. The number of halogens is 3. The number of alkyl halides is 3. The molecule has 4 aromatic rings. The molecule has 1 heterocycles. The van der Waals surface area contributed by atoms with E-state index in [0.29, 0.717) is 17.2 Å². The first-order valence-electron chi connectivity index (χ1n) is 17.0. The van der Waals surface area contributed by atoms with Gasteiger partial charge in [-0.2, -0.15) is 0 Å². The zero-order chi connectivity index (χ0) is 38.5. The summed E-state index contributed by atoms with van der Waals surface area (Å²) in [4.78, 5) is 0. The Morgan fingerprint density at radius 2 is 0.889 bits per heavy atom. The Morgan fingerprint density at radius 3 is 1.26 bits per heavy atom. The molecule has 14 heteroatoms. The fraction of sp³-hybridized carbons (Fsp3) is 0.375. The molecule has 5 atom stereocenters. The van der Waals surface area contributed by atoms with Crippen LogP contribution in [0.1, 0.15) is 22.3 Å². The van der Waals surface area contributed by atoms with Gasteiger partial charge in [0.1, 0.15) is 47.4 Å². The van der Waals surface area contributed by atoms with Crippen molar-refractivity contribution in [2.75, 3.05) is 35.0 Å². The van der Waals surface area contributed by atoms with E-state index in [1.54, 1.807) is 28.4 Å². The van der Waals surface area contributed by atoms with Gasteiger partial charge in [0.25, 0.3) is 3.79 Å². The molecule has 1 aliphatic heterocycles. The maximum atomic E-state index is 8.47. The minimum atomic E-state index is -2.18. The Kier molecular flexibility index (Phi) is 15.5. The molecular formula is C40H44Cl3NO10. The zero-order valence-electron chi connectivity index (χ0n) is 30.4. The normalized spacial score (nSPS) is 19.9. The first-order chi connectivity index (χ1) is 26.1. The predicted octanol–water partition coefficient (Wildman–Crippen LogP) is 8.08. The minimum absolute atomic E-state index is 0.0495. The van der Waals surface area contributed by atoms with Crippen molar-refractivity contribution in [1.82, 2.24) is 0 Å². The third-order valence-corrected chi connectivity index (χ3v) is 9.11. The van der Waals surface area contributed by atoms with E-state index in [1.807, 2.05) is 97.1 Å². The summed E-state index contributed by atoms with van der Waals surface area (Å²) in [5.41, 5.74) is 3.50. The summed E-state index contributed by atoms with van der Waals surface area (Å²) < 4.78 is 57.8. The molecule has 54 heavy (non-hydrogen) atoms. The number of rotatable bonds is 18. The molecule has 0 unspecified atom stereocenters. The van der Waals surface area contributed by atoms with Crippen LogP contribution in [0.3, 0.4) is 0 Å². The van der Waals surface area contributed by atoms with Crippen molar-refractivity contribution in [2.45, 2.75) is 60.9 Å². The van der Waals surface area contributed by atoms with Crippen molar-refractivity contribution in [3.8, 4) is 23.0 Å². The predicted molar refractivity (Wildman–Crippen MR) is 205 cm³/mol. The number of methoxy groups -OCH3 is 4. The summed E-state index contributed by atoms with van der Waals surface area (Å²) in [5, 5.41) is 8.47. The number of hydrogen-bond acceptors (Lipinski definition) is 11. The minimum Gasteiger partial charge on any atom is -0.497 e. The molecule has 5 rings (SSSR count). The monoisotopic (exact) mass is 803 g/mol. The number of nitrogens with one attached hydrogen (secondary N) is 1. The van der Waals surface area contributed by atoms with E-state index in [4.69, 9.17) is 87.6 Å². The quantitative estimate of drug-likeness (QED) is 0.0602. The summed E-state index contributed by atoms with van der Waals surface area (Å²) in [6.45, 7) is 0.780. The molecule has 0 aliphatic carbocycles. The van der Waals surface area contributed by atoms with Crippen LogP contribution in [0.2, 0.25) is 0 Å². The largest absolute Gasteiger partial charge is 0.497 e. The summed E-state index contributed by atoms with van der Waals surface area (Å²) in [6, 6.07) is 30.0. The van der Waals surface area contributed by atoms with Crippen LogP contribution < -0.4 is 18.9 Å². The molecule has 1 fully saturated rings. The highest BCUT2D eigenvalue weighted by Crippen LogP contribution is 2.35. The van der Waals surface area contributed by atoms with Crippen LogP contribution in [0.4, 0.5) is 0 Å². The van der Waals surface area contributed by atoms with E-state index >= 15 is 0 Å². The third-order valence-electron chi connectivity index (χ3n) is 8.60. The maximum absolute atomic E-state index is 8.47. The lowest BCUT2D eigenvalue weighted by Gasteiger charge is -2.46. The Balaban J connectivity index is 1.48. The Bertz CT molecular complexity index is 1720. The molecule has 4 aromatic carbocycles. The third kappa shape index (κ3) is 11.9. The SMILES string of the molecule is COc1ccc(COC[C@H]2O[C@H](OC(=N)C(Cl)(Cl)Cl)[C@H](OCc3ccc(OC)cc3)[C@@H](OCc3ccc(OC)cc3)[C@@H]2OCc2ccc(OC)cc2)cc1. The molecule has 0 amide bonds. The lowest BCUT2D eigenvalue weighted by molar-refractivity contribution is -0.313. The molecule has 1 aliphatic rings. The van der Waals surface area contributed by atoms with Crippen LogP contribution in [-0.2, 0) is 54.8 Å². The Labute approximate surface area is 330 Å². The van der Waals surface area contributed by atoms with Crippen molar-refractivity contribution in [2.24, 2.45) is 0 Å². The number of ether oxygens (including phenoxy) is 10. The summed E-state index contributed by atoms with van der Waals surface area (Å²) in [7, 11) is 6.42. The van der Waals surface area contributed by atoms with Gasteiger partial charge in [-0.25, -0.2) is 0 Å². The van der Waals surface area contributed by atoms with Gasteiger partial charge in [0.05, 0.1) is 61.5 Å². The standard InChI is InChI=1S/C40H44Cl3NO10/c1-45-30-13-5-26(6-14-30)21-49-25-34-35(50-22-27-7-15-31(46-2)16-8-27)36(51-23-28-9-17-32(47-3)18-10-28)37(38(53-34)54-39(44)40(41,42)43)52-24-29-11-19-33(48-4)20-12-29/h5-20,34-38,44H,21-25H2,1-4H3/t34-,35-,36+,37-,38-/m1/s1. The van der Waals surface area contributed by atoms with E-state index in [2.05, 4.69) is 0 Å². The molecule has 1 saturated heterocycles. The van der Waals surface area contributed by atoms with Gasteiger partial charge in [0.2, 0.25) is 12.2 Å². The first kappa shape index (κ1) is 41.4.